The summed E-state index contributed by atoms with van der Waals surface area (Å²) in [5.41, 5.74) is -0.751. The lowest BCUT2D eigenvalue weighted by molar-refractivity contribution is -0.143. The van der Waals surface area contributed by atoms with E-state index in [9.17, 15) is 9.59 Å². The van der Waals surface area contributed by atoms with Crippen LogP contribution in [0.2, 0.25) is 0 Å². The van der Waals surface area contributed by atoms with Crippen LogP contribution in [0.3, 0.4) is 0 Å². The normalized spacial score (nSPS) is 13.5. The quantitative estimate of drug-likeness (QED) is 0.624. The topological polar surface area (TPSA) is 78.4 Å². The van der Waals surface area contributed by atoms with Gasteiger partial charge in [0.15, 0.2) is 0 Å². The molecule has 0 aromatic heterocycles. The molecular formula is C12H24N2O3. The molecule has 5 nitrogen and oxygen atoms in total. The van der Waals surface area contributed by atoms with Crippen LogP contribution in [0.15, 0.2) is 0 Å². The lowest BCUT2D eigenvalue weighted by Crippen LogP contribution is -2.56. The molecule has 100 valence electrons. The van der Waals surface area contributed by atoms with E-state index in [0.29, 0.717) is 13.0 Å². The van der Waals surface area contributed by atoms with E-state index >= 15 is 0 Å². The number of carboxylic acids is 1. The van der Waals surface area contributed by atoms with Gasteiger partial charge in [-0.25, -0.2) is 4.79 Å². The minimum atomic E-state index is -0.987. The Hall–Kier alpha value is -1.10. The van der Waals surface area contributed by atoms with E-state index in [4.69, 9.17) is 5.11 Å². The van der Waals surface area contributed by atoms with Crippen LogP contribution in [0.4, 0.5) is 0 Å². The Kier molecular flexibility index (Phi) is 6.16. The minimum absolute atomic E-state index is 0.221. The van der Waals surface area contributed by atoms with Crippen molar-refractivity contribution in [3.63, 3.8) is 0 Å². The zero-order valence-electron chi connectivity index (χ0n) is 11.3. The first-order valence-corrected chi connectivity index (χ1v) is 5.99. The van der Waals surface area contributed by atoms with Crippen LogP contribution in [0.5, 0.6) is 0 Å². The number of likely N-dealkylation sites (N-methyl/N-ethyl adjacent to an activating group) is 1. The number of aliphatic carboxylic acids is 1. The molecule has 0 aliphatic heterocycles. The van der Waals surface area contributed by atoms with Crippen LogP contribution in [-0.2, 0) is 9.59 Å². The highest BCUT2D eigenvalue weighted by Crippen LogP contribution is 2.08. The molecule has 0 aromatic carbocycles. The number of carboxylic acid groups (broad SMARTS) is 1. The van der Waals surface area contributed by atoms with Gasteiger partial charge in [-0.1, -0.05) is 20.8 Å². The molecule has 0 spiro atoms. The first kappa shape index (κ1) is 15.9. The fourth-order valence-corrected chi connectivity index (χ4v) is 1.55. The molecule has 17 heavy (non-hydrogen) atoms. The lowest BCUT2D eigenvalue weighted by atomic mass is 10.0. The largest absolute Gasteiger partial charge is 0.480 e. The average molecular weight is 244 g/mol. The second-order valence-electron chi connectivity index (χ2n) is 5.15. The summed E-state index contributed by atoms with van der Waals surface area (Å²) in [5, 5.41) is 14.6. The third-order valence-corrected chi connectivity index (χ3v) is 2.50. The van der Waals surface area contributed by atoms with Gasteiger partial charge >= 0.3 is 5.97 Å². The first-order chi connectivity index (χ1) is 7.70. The second-order valence-corrected chi connectivity index (χ2v) is 5.15. The van der Waals surface area contributed by atoms with Gasteiger partial charge in [0.05, 0.1) is 5.54 Å². The Morgan fingerprint density at radius 2 is 1.82 bits per heavy atom. The molecule has 0 aromatic rings. The van der Waals surface area contributed by atoms with Gasteiger partial charge in [-0.3, -0.25) is 4.79 Å². The van der Waals surface area contributed by atoms with E-state index in [0.717, 1.165) is 0 Å². The summed E-state index contributed by atoms with van der Waals surface area (Å²) < 4.78 is 0. The van der Waals surface area contributed by atoms with Crippen LogP contribution < -0.4 is 10.6 Å². The Bertz CT molecular complexity index is 275. The van der Waals surface area contributed by atoms with Crippen molar-refractivity contribution in [1.82, 2.24) is 10.6 Å². The van der Waals surface area contributed by atoms with E-state index in [2.05, 4.69) is 10.6 Å². The Morgan fingerprint density at radius 3 is 2.18 bits per heavy atom. The highest BCUT2D eigenvalue weighted by molar-refractivity contribution is 5.89. The third kappa shape index (κ3) is 5.68. The van der Waals surface area contributed by atoms with Gasteiger partial charge in [0.25, 0.3) is 0 Å². The predicted molar refractivity (Wildman–Crippen MR) is 66.8 cm³/mol. The maximum Gasteiger partial charge on any atom is 0.326 e. The van der Waals surface area contributed by atoms with Gasteiger partial charge in [0.1, 0.15) is 6.04 Å². The molecule has 1 amide bonds. The van der Waals surface area contributed by atoms with Crippen LogP contribution in [0.1, 0.15) is 41.0 Å². The molecular weight excluding hydrogens is 220 g/mol. The summed E-state index contributed by atoms with van der Waals surface area (Å²) in [7, 11) is 0. The Morgan fingerprint density at radius 1 is 1.29 bits per heavy atom. The molecule has 0 radical (unpaired) electrons. The van der Waals surface area contributed by atoms with Crippen LogP contribution in [0.25, 0.3) is 0 Å². The maximum atomic E-state index is 11.9. The summed E-state index contributed by atoms with van der Waals surface area (Å²) in [6.07, 6.45) is 0.434. The number of hydrogen-bond donors (Lipinski definition) is 3. The summed E-state index contributed by atoms with van der Waals surface area (Å²) in [4.78, 5) is 22.9. The van der Waals surface area contributed by atoms with Gasteiger partial charge < -0.3 is 15.7 Å². The van der Waals surface area contributed by atoms with Crippen molar-refractivity contribution in [2.45, 2.75) is 52.6 Å². The highest BCUT2D eigenvalue weighted by Gasteiger charge is 2.30. The van der Waals surface area contributed by atoms with Crippen molar-refractivity contribution in [2.24, 2.45) is 5.92 Å². The number of nitrogens with one attached hydrogen (secondary N) is 2. The molecule has 3 N–H and O–H groups in total. The molecule has 0 unspecified atom stereocenters. The molecule has 0 heterocycles. The maximum absolute atomic E-state index is 11.9. The standard InChI is InChI=1S/C12H24N2O3/c1-6-13-12(4,5)11(17)14-9(10(15)16)7-8(2)3/h8-9,13H,6-7H2,1-5H3,(H,14,17)(H,15,16)/t9-/m1/s1. The average Bonchev–Trinajstić information content (AvgIpc) is 2.15. The highest BCUT2D eigenvalue weighted by atomic mass is 16.4. The zero-order chi connectivity index (χ0) is 13.6. The SMILES string of the molecule is CCNC(C)(C)C(=O)N[C@H](CC(C)C)C(=O)O. The van der Waals surface area contributed by atoms with E-state index < -0.39 is 17.6 Å². The number of amides is 1. The van der Waals surface area contributed by atoms with Gasteiger partial charge in [0.2, 0.25) is 5.91 Å². The van der Waals surface area contributed by atoms with Crippen LogP contribution in [0, 0.1) is 5.92 Å². The van der Waals surface area contributed by atoms with E-state index in [1.807, 2.05) is 20.8 Å². The summed E-state index contributed by atoms with van der Waals surface area (Å²) in [6.45, 7) is 9.88. The van der Waals surface area contributed by atoms with Gasteiger partial charge in [0, 0.05) is 0 Å². The third-order valence-electron chi connectivity index (χ3n) is 2.50. The monoisotopic (exact) mass is 244 g/mol. The molecule has 0 saturated heterocycles. The van der Waals surface area contributed by atoms with E-state index in [1.54, 1.807) is 13.8 Å². The molecule has 0 fully saturated rings. The molecule has 0 bridgehead atoms. The van der Waals surface area contributed by atoms with Crippen molar-refractivity contribution < 1.29 is 14.7 Å². The summed E-state index contributed by atoms with van der Waals surface area (Å²) in [6, 6.07) is -0.819. The van der Waals surface area contributed by atoms with Crippen molar-refractivity contribution >= 4 is 11.9 Å². The minimum Gasteiger partial charge on any atom is -0.480 e. The fourth-order valence-electron chi connectivity index (χ4n) is 1.55. The molecule has 1 atom stereocenters. The predicted octanol–water partition coefficient (Wildman–Crippen LogP) is 0.990. The van der Waals surface area contributed by atoms with Crippen LogP contribution >= 0.6 is 0 Å². The van der Waals surface area contributed by atoms with Gasteiger partial charge in [-0.05, 0) is 32.7 Å². The molecule has 0 aliphatic rings. The molecule has 0 rings (SSSR count). The van der Waals surface area contributed by atoms with E-state index in [1.165, 1.54) is 0 Å². The van der Waals surface area contributed by atoms with Crippen molar-refractivity contribution in [2.75, 3.05) is 6.54 Å². The molecule has 5 heteroatoms. The zero-order valence-corrected chi connectivity index (χ0v) is 11.3. The number of carbonyl (C=O) groups excluding carboxylic acids is 1. The van der Waals surface area contributed by atoms with Crippen molar-refractivity contribution in [3.8, 4) is 0 Å². The Labute approximate surface area is 103 Å². The summed E-state index contributed by atoms with van der Waals surface area (Å²) in [5.74, 6) is -1.05. The van der Waals surface area contributed by atoms with Crippen molar-refractivity contribution in [1.29, 1.82) is 0 Å². The smallest absolute Gasteiger partial charge is 0.326 e. The molecule has 0 aliphatic carbocycles. The number of hydrogen-bond acceptors (Lipinski definition) is 3. The first-order valence-electron chi connectivity index (χ1n) is 5.99. The summed E-state index contributed by atoms with van der Waals surface area (Å²) >= 11 is 0. The van der Waals surface area contributed by atoms with Crippen molar-refractivity contribution in [3.05, 3.63) is 0 Å². The second kappa shape index (κ2) is 6.59. The number of carbonyl (C=O) groups is 2. The van der Waals surface area contributed by atoms with Gasteiger partial charge in [-0.2, -0.15) is 0 Å². The number of rotatable bonds is 7. The lowest BCUT2D eigenvalue weighted by Gasteiger charge is -2.27. The Balaban J connectivity index is 4.55. The van der Waals surface area contributed by atoms with Gasteiger partial charge in [-0.15, -0.1) is 0 Å². The fraction of sp³-hybridized carbons (Fsp3) is 0.833. The van der Waals surface area contributed by atoms with Crippen LogP contribution in [-0.4, -0.2) is 35.1 Å². The molecule has 0 saturated carbocycles. The van der Waals surface area contributed by atoms with E-state index in [-0.39, 0.29) is 11.8 Å².